The molecule has 0 spiro atoms. The predicted molar refractivity (Wildman–Crippen MR) is 88.3 cm³/mol. The fraction of sp³-hybridized carbons (Fsp3) is 0.611. The van der Waals surface area contributed by atoms with E-state index >= 15 is 0 Å². The smallest absolute Gasteiger partial charge is 0.266 e. The molecule has 0 aromatic heterocycles. The van der Waals surface area contributed by atoms with Crippen LogP contribution in [-0.4, -0.2) is 53.9 Å². The number of likely N-dealkylation sites (tertiary alicyclic amines) is 1. The number of nitrogens with zero attached hydrogens (tertiary/aromatic N) is 1. The van der Waals surface area contributed by atoms with E-state index in [1.807, 2.05) is 25.1 Å². The van der Waals surface area contributed by atoms with Gasteiger partial charge in [0.15, 0.2) is 0 Å². The summed E-state index contributed by atoms with van der Waals surface area (Å²) in [6, 6.07) is 9.14. The fourth-order valence-corrected chi connectivity index (χ4v) is 2.75. The number of hydrogen-bond donors (Lipinski definition) is 1. The van der Waals surface area contributed by atoms with Gasteiger partial charge in [0.25, 0.3) is 5.91 Å². The van der Waals surface area contributed by atoms with E-state index in [9.17, 15) is 9.90 Å². The van der Waals surface area contributed by atoms with Crippen molar-refractivity contribution in [2.75, 3.05) is 26.3 Å². The summed E-state index contributed by atoms with van der Waals surface area (Å²) in [4.78, 5) is 14.6. The molecule has 5 heteroatoms. The third kappa shape index (κ3) is 4.94. The Morgan fingerprint density at radius 2 is 2.09 bits per heavy atom. The minimum absolute atomic E-state index is 0.166. The summed E-state index contributed by atoms with van der Waals surface area (Å²) >= 11 is 0. The second-order valence-electron chi connectivity index (χ2n) is 6.56. The van der Waals surface area contributed by atoms with E-state index < -0.39 is 11.7 Å². The number of rotatable bonds is 7. The topological polar surface area (TPSA) is 59.0 Å². The lowest BCUT2D eigenvalue weighted by atomic mass is 10.0. The highest BCUT2D eigenvalue weighted by atomic mass is 16.5. The molecule has 23 heavy (non-hydrogen) atoms. The molecule has 128 valence electrons. The summed E-state index contributed by atoms with van der Waals surface area (Å²) in [6.07, 6.45) is 0.00564. The maximum atomic E-state index is 12.8. The molecular formula is C18H27NO4. The van der Waals surface area contributed by atoms with Gasteiger partial charge >= 0.3 is 0 Å². The molecule has 1 aliphatic rings. The van der Waals surface area contributed by atoms with E-state index in [2.05, 4.69) is 0 Å². The Morgan fingerprint density at radius 1 is 1.39 bits per heavy atom. The fourth-order valence-electron chi connectivity index (χ4n) is 2.75. The third-order valence-corrected chi connectivity index (χ3v) is 4.02. The molecule has 0 bridgehead atoms. The Morgan fingerprint density at radius 3 is 2.70 bits per heavy atom. The second-order valence-corrected chi connectivity index (χ2v) is 6.56. The first kappa shape index (κ1) is 17.8. The molecule has 1 saturated heterocycles. The molecule has 2 atom stereocenters. The Balaban J connectivity index is 2.03. The van der Waals surface area contributed by atoms with Gasteiger partial charge in [0, 0.05) is 25.6 Å². The van der Waals surface area contributed by atoms with E-state index in [0.717, 1.165) is 6.42 Å². The SMILES string of the molecule is CCOC[C@@H]1CCN(C(=O)[C@@H](Oc2ccccc2)C(C)(C)O)C1. The van der Waals surface area contributed by atoms with Gasteiger partial charge in [-0.1, -0.05) is 18.2 Å². The molecule has 1 aliphatic heterocycles. The van der Waals surface area contributed by atoms with Crippen molar-refractivity contribution in [1.29, 1.82) is 0 Å². The lowest BCUT2D eigenvalue weighted by Crippen LogP contribution is -2.52. The third-order valence-electron chi connectivity index (χ3n) is 4.02. The quantitative estimate of drug-likeness (QED) is 0.835. The van der Waals surface area contributed by atoms with Crippen molar-refractivity contribution in [2.45, 2.75) is 38.9 Å². The molecule has 1 heterocycles. The number of benzene rings is 1. The zero-order valence-electron chi connectivity index (χ0n) is 14.2. The van der Waals surface area contributed by atoms with Gasteiger partial charge < -0.3 is 19.5 Å². The Hall–Kier alpha value is -1.59. The van der Waals surface area contributed by atoms with Gasteiger partial charge in [0.05, 0.1) is 6.61 Å². The van der Waals surface area contributed by atoms with Crippen LogP contribution in [0.2, 0.25) is 0 Å². The molecule has 0 saturated carbocycles. The highest BCUT2D eigenvalue weighted by molar-refractivity contribution is 5.82. The average Bonchev–Trinajstić information content (AvgIpc) is 2.99. The van der Waals surface area contributed by atoms with Gasteiger partial charge in [-0.3, -0.25) is 4.79 Å². The van der Waals surface area contributed by atoms with Crippen LogP contribution in [0.25, 0.3) is 0 Å². The van der Waals surface area contributed by atoms with Crippen molar-refractivity contribution >= 4 is 5.91 Å². The zero-order chi connectivity index (χ0) is 16.9. The summed E-state index contributed by atoms with van der Waals surface area (Å²) in [6.45, 7) is 7.88. The first-order valence-electron chi connectivity index (χ1n) is 8.22. The monoisotopic (exact) mass is 321 g/mol. The lowest BCUT2D eigenvalue weighted by molar-refractivity contribution is -0.148. The number of carbonyl (C=O) groups excluding carboxylic acids is 1. The van der Waals surface area contributed by atoms with Crippen molar-refractivity contribution in [2.24, 2.45) is 5.92 Å². The molecule has 1 amide bonds. The first-order valence-corrected chi connectivity index (χ1v) is 8.22. The minimum Gasteiger partial charge on any atom is -0.478 e. The van der Waals surface area contributed by atoms with E-state index in [4.69, 9.17) is 9.47 Å². The summed E-state index contributed by atoms with van der Waals surface area (Å²) in [5.74, 6) is 0.775. The van der Waals surface area contributed by atoms with E-state index in [-0.39, 0.29) is 5.91 Å². The van der Waals surface area contributed by atoms with Crippen LogP contribution < -0.4 is 4.74 Å². The van der Waals surface area contributed by atoms with Gasteiger partial charge in [-0.2, -0.15) is 0 Å². The standard InChI is InChI=1S/C18H27NO4/c1-4-22-13-14-10-11-19(12-14)17(20)16(18(2,3)21)23-15-8-6-5-7-9-15/h5-9,14,16,21H,4,10-13H2,1-3H3/t14-,16-/m1/s1. The number of ether oxygens (including phenoxy) is 2. The highest BCUT2D eigenvalue weighted by Crippen LogP contribution is 2.24. The minimum atomic E-state index is -1.26. The van der Waals surface area contributed by atoms with E-state index in [0.29, 0.717) is 38.0 Å². The number of amides is 1. The van der Waals surface area contributed by atoms with Crippen molar-refractivity contribution in [3.63, 3.8) is 0 Å². The number of para-hydroxylation sites is 1. The Kier molecular flexibility index (Phi) is 6.02. The number of aliphatic hydroxyl groups is 1. The van der Waals surface area contributed by atoms with Gasteiger partial charge in [-0.05, 0) is 39.3 Å². The molecule has 1 aromatic rings. The summed E-state index contributed by atoms with van der Waals surface area (Å²) < 4.78 is 11.2. The summed E-state index contributed by atoms with van der Waals surface area (Å²) in [5, 5.41) is 10.4. The van der Waals surface area contributed by atoms with Crippen LogP contribution in [0.4, 0.5) is 0 Å². The Labute approximate surface area is 138 Å². The summed E-state index contributed by atoms with van der Waals surface area (Å²) in [5.41, 5.74) is -1.26. The van der Waals surface area contributed by atoms with E-state index in [1.165, 1.54) is 0 Å². The number of hydrogen-bond acceptors (Lipinski definition) is 4. The van der Waals surface area contributed by atoms with Crippen LogP contribution in [0.15, 0.2) is 30.3 Å². The lowest BCUT2D eigenvalue weighted by Gasteiger charge is -2.32. The predicted octanol–water partition coefficient (Wildman–Crippen LogP) is 2.09. The van der Waals surface area contributed by atoms with Crippen molar-refractivity contribution < 1.29 is 19.4 Å². The maximum Gasteiger partial charge on any atom is 0.266 e. The van der Waals surface area contributed by atoms with Gasteiger partial charge in [0.2, 0.25) is 6.10 Å². The zero-order valence-corrected chi connectivity index (χ0v) is 14.2. The maximum absolute atomic E-state index is 12.8. The summed E-state index contributed by atoms with van der Waals surface area (Å²) in [7, 11) is 0. The molecule has 1 aromatic carbocycles. The highest BCUT2D eigenvalue weighted by Gasteiger charge is 2.40. The van der Waals surface area contributed by atoms with Crippen LogP contribution in [0.3, 0.4) is 0 Å². The van der Waals surface area contributed by atoms with Crippen LogP contribution in [0, 0.1) is 5.92 Å². The molecule has 5 nitrogen and oxygen atoms in total. The van der Waals surface area contributed by atoms with Gasteiger partial charge in [-0.25, -0.2) is 0 Å². The van der Waals surface area contributed by atoms with Crippen LogP contribution in [0.1, 0.15) is 27.2 Å². The largest absolute Gasteiger partial charge is 0.478 e. The van der Waals surface area contributed by atoms with Crippen LogP contribution in [-0.2, 0) is 9.53 Å². The Bertz CT molecular complexity index is 497. The van der Waals surface area contributed by atoms with E-state index in [1.54, 1.807) is 30.9 Å². The molecule has 0 radical (unpaired) electrons. The molecule has 1 N–H and O–H groups in total. The van der Waals surface area contributed by atoms with Crippen molar-refractivity contribution in [3.8, 4) is 5.75 Å². The van der Waals surface area contributed by atoms with Crippen molar-refractivity contribution in [1.82, 2.24) is 4.90 Å². The molecular weight excluding hydrogens is 294 g/mol. The molecule has 0 aliphatic carbocycles. The molecule has 0 unspecified atom stereocenters. The average molecular weight is 321 g/mol. The molecule has 1 fully saturated rings. The normalized spacial score (nSPS) is 19.7. The first-order chi connectivity index (χ1) is 10.9. The van der Waals surface area contributed by atoms with Crippen LogP contribution >= 0.6 is 0 Å². The van der Waals surface area contributed by atoms with Crippen LogP contribution in [0.5, 0.6) is 5.75 Å². The molecule has 2 rings (SSSR count). The number of carbonyl (C=O) groups is 1. The second kappa shape index (κ2) is 7.79. The van der Waals surface area contributed by atoms with Crippen molar-refractivity contribution in [3.05, 3.63) is 30.3 Å². The van der Waals surface area contributed by atoms with Gasteiger partial charge in [-0.15, -0.1) is 0 Å². The van der Waals surface area contributed by atoms with Gasteiger partial charge in [0.1, 0.15) is 11.4 Å².